The Morgan fingerprint density at radius 1 is 1.00 bits per heavy atom. The quantitative estimate of drug-likeness (QED) is 0.223. The van der Waals surface area contributed by atoms with Crippen LogP contribution in [-0.4, -0.2) is 60.1 Å². The zero-order valence-electron chi connectivity index (χ0n) is 23.1. The standard InChI is InChI=1S/C31H25N9O3/c1-19-16-28(37-36-19)34-27-17-20(8-6-15-40-29(41)21-9-2-3-10-22(21)30(40)42)33-31(35-27)39-14-7-12-25(39)26-18-24(38-43-26)23-11-4-5-13-32-23/h2-5,9-11,13,16-18,25H,7,12,14-15H2,1H3,(H2,33,34,35,36,37). The number of aromatic nitrogens is 6. The predicted octanol–water partition coefficient (Wildman–Crippen LogP) is 4.29. The van der Waals surface area contributed by atoms with Crippen LogP contribution in [0.15, 0.2) is 71.4 Å². The number of hydrogen-bond acceptors (Lipinski definition) is 10. The van der Waals surface area contributed by atoms with Crippen LogP contribution < -0.4 is 10.2 Å². The number of carbonyl (C=O) groups excluding carboxylic acids is 2. The molecule has 6 heterocycles. The first kappa shape index (κ1) is 26.1. The van der Waals surface area contributed by atoms with E-state index in [0.717, 1.165) is 29.1 Å². The van der Waals surface area contributed by atoms with E-state index in [4.69, 9.17) is 14.5 Å². The number of H-pyrrole nitrogens is 1. The average Bonchev–Trinajstić information content (AvgIpc) is 3.83. The van der Waals surface area contributed by atoms with Crippen molar-refractivity contribution in [3.8, 4) is 23.2 Å². The molecule has 5 aromatic rings. The lowest BCUT2D eigenvalue weighted by Crippen LogP contribution is -2.30. The SMILES string of the molecule is Cc1cc(Nc2cc(C#CCN3C(=O)c4ccccc4C3=O)nc(N3CCCC3c3cc(-c4ccccn4)no3)n2)n[nH]1. The number of benzene rings is 1. The van der Waals surface area contributed by atoms with Crippen LogP contribution in [0.2, 0.25) is 0 Å². The Balaban J connectivity index is 1.18. The van der Waals surface area contributed by atoms with E-state index in [-0.39, 0.29) is 24.4 Å². The molecule has 2 aliphatic rings. The molecule has 4 aromatic heterocycles. The smallest absolute Gasteiger partial charge is 0.262 e. The topological polar surface area (TPSA) is 146 Å². The summed E-state index contributed by atoms with van der Waals surface area (Å²) in [5, 5.41) is 14.6. The minimum atomic E-state index is -0.355. The molecule has 1 aromatic carbocycles. The van der Waals surface area contributed by atoms with E-state index in [1.54, 1.807) is 36.5 Å². The van der Waals surface area contributed by atoms with Gasteiger partial charge in [0.25, 0.3) is 11.8 Å². The maximum atomic E-state index is 12.8. The second kappa shape index (κ2) is 10.9. The van der Waals surface area contributed by atoms with Gasteiger partial charge in [-0.15, -0.1) is 0 Å². The van der Waals surface area contributed by atoms with Crippen LogP contribution in [0.5, 0.6) is 0 Å². The second-order valence-corrected chi connectivity index (χ2v) is 10.2. The lowest BCUT2D eigenvalue weighted by Gasteiger charge is -2.23. The van der Waals surface area contributed by atoms with E-state index < -0.39 is 0 Å². The van der Waals surface area contributed by atoms with Gasteiger partial charge in [-0.25, -0.2) is 4.98 Å². The Morgan fingerprint density at radius 3 is 2.56 bits per heavy atom. The first-order valence-electron chi connectivity index (χ1n) is 13.8. The number of carbonyl (C=O) groups is 2. The van der Waals surface area contributed by atoms with E-state index in [9.17, 15) is 9.59 Å². The van der Waals surface area contributed by atoms with Crippen molar-refractivity contribution in [2.24, 2.45) is 0 Å². The molecule has 1 saturated heterocycles. The largest absolute Gasteiger partial charge is 0.358 e. The fourth-order valence-electron chi connectivity index (χ4n) is 5.28. The third-order valence-electron chi connectivity index (χ3n) is 7.30. The number of amides is 2. The minimum Gasteiger partial charge on any atom is -0.358 e. The van der Waals surface area contributed by atoms with Gasteiger partial charge in [-0.2, -0.15) is 10.1 Å². The van der Waals surface area contributed by atoms with Gasteiger partial charge in [0.15, 0.2) is 11.6 Å². The van der Waals surface area contributed by atoms with Gasteiger partial charge in [0.1, 0.15) is 17.2 Å². The van der Waals surface area contributed by atoms with Crippen molar-refractivity contribution in [2.75, 3.05) is 23.3 Å². The number of anilines is 3. The molecular weight excluding hydrogens is 546 g/mol. The summed E-state index contributed by atoms with van der Waals surface area (Å²) >= 11 is 0. The molecule has 0 spiro atoms. The number of nitrogens with zero attached hydrogens (tertiary/aromatic N) is 7. The summed E-state index contributed by atoms with van der Waals surface area (Å²) in [4.78, 5) is 42.7. The zero-order valence-corrected chi connectivity index (χ0v) is 23.1. The number of rotatable bonds is 6. The van der Waals surface area contributed by atoms with Crippen LogP contribution in [0.25, 0.3) is 11.4 Å². The van der Waals surface area contributed by atoms with Gasteiger partial charge in [-0.3, -0.25) is 24.6 Å². The number of pyridine rings is 1. The monoisotopic (exact) mass is 571 g/mol. The van der Waals surface area contributed by atoms with Crippen molar-refractivity contribution in [3.63, 3.8) is 0 Å². The van der Waals surface area contributed by atoms with Gasteiger partial charge in [0, 0.05) is 36.6 Å². The molecule has 12 heteroatoms. The van der Waals surface area contributed by atoms with Gasteiger partial charge >= 0.3 is 0 Å². The summed E-state index contributed by atoms with van der Waals surface area (Å²) in [6.45, 7) is 2.55. The fraction of sp³-hybridized carbons (Fsp3) is 0.194. The first-order valence-corrected chi connectivity index (χ1v) is 13.8. The van der Waals surface area contributed by atoms with Crippen LogP contribution in [0.1, 0.15) is 56.7 Å². The highest BCUT2D eigenvalue weighted by atomic mass is 16.5. The van der Waals surface area contributed by atoms with E-state index in [0.29, 0.717) is 52.4 Å². The highest BCUT2D eigenvalue weighted by Gasteiger charge is 2.35. The fourth-order valence-corrected chi connectivity index (χ4v) is 5.28. The predicted molar refractivity (Wildman–Crippen MR) is 156 cm³/mol. The van der Waals surface area contributed by atoms with Crippen LogP contribution in [0, 0.1) is 18.8 Å². The first-order chi connectivity index (χ1) is 21.0. The molecule has 0 radical (unpaired) electrons. The number of aromatic amines is 1. The Hall–Kier alpha value is -5.83. The Morgan fingerprint density at radius 2 is 1.81 bits per heavy atom. The van der Waals surface area contributed by atoms with Gasteiger partial charge in [-0.05, 0) is 50.0 Å². The van der Waals surface area contributed by atoms with Crippen molar-refractivity contribution in [1.29, 1.82) is 0 Å². The van der Waals surface area contributed by atoms with Gasteiger partial charge in [-0.1, -0.05) is 29.3 Å². The lowest BCUT2D eigenvalue weighted by atomic mass is 10.1. The number of imide groups is 1. The summed E-state index contributed by atoms with van der Waals surface area (Å²) in [6, 6.07) is 17.8. The maximum absolute atomic E-state index is 12.8. The third kappa shape index (κ3) is 5.08. The van der Waals surface area contributed by atoms with E-state index in [2.05, 4.69) is 42.4 Å². The minimum absolute atomic E-state index is 0.0618. The molecule has 12 nitrogen and oxygen atoms in total. The molecular formula is C31H25N9O3. The number of nitrogens with one attached hydrogen (secondary N) is 2. The van der Waals surface area contributed by atoms with Crippen molar-refractivity contribution in [2.45, 2.75) is 25.8 Å². The molecule has 0 bridgehead atoms. The summed E-state index contributed by atoms with van der Waals surface area (Å²) in [5.41, 5.74) is 3.48. The van der Waals surface area contributed by atoms with Crippen molar-refractivity contribution >= 4 is 29.4 Å². The molecule has 1 unspecified atom stereocenters. The average molecular weight is 572 g/mol. The van der Waals surface area contributed by atoms with E-state index in [1.165, 1.54) is 0 Å². The summed E-state index contributed by atoms with van der Waals surface area (Å²) in [7, 11) is 0. The van der Waals surface area contributed by atoms with Crippen LogP contribution in [0.4, 0.5) is 17.6 Å². The summed E-state index contributed by atoms with van der Waals surface area (Å²) in [5.74, 6) is 7.53. The van der Waals surface area contributed by atoms with E-state index >= 15 is 0 Å². The summed E-state index contributed by atoms with van der Waals surface area (Å²) < 4.78 is 5.77. The molecule has 0 saturated carbocycles. The number of aryl methyl sites for hydroxylation is 1. The number of fused-ring (bicyclic) bond motifs is 1. The molecule has 2 aliphatic heterocycles. The summed E-state index contributed by atoms with van der Waals surface area (Å²) in [6.07, 6.45) is 3.46. The van der Waals surface area contributed by atoms with Crippen LogP contribution in [-0.2, 0) is 0 Å². The molecule has 43 heavy (non-hydrogen) atoms. The molecule has 1 atom stereocenters. The van der Waals surface area contributed by atoms with Crippen molar-refractivity contribution in [1.82, 2.24) is 35.2 Å². The number of hydrogen-bond donors (Lipinski definition) is 2. The van der Waals surface area contributed by atoms with E-state index in [1.807, 2.05) is 37.3 Å². The highest BCUT2D eigenvalue weighted by Crippen LogP contribution is 2.36. The Kier molecular flexibility index (Phi) is 6.59. The molecule has 2 N–H and O–H groups in total. The molecule has 2 amide bonds. The maximum Gasteiger partial charge on any atom is 0.262 e. The molecule has 0 aliphatic carbocycles. The van der Waals surface area contributed by atoms with Gasteiger partial charge < -0.3 is 14.7 Å². The van der Waals surface area contributed by atoms with Crippen molar-refractivity contribution in [3.05, 3.63) is 95.1 Å². The normalized spacial score (nSPS) is 15.9. The Labute approximate surface area is 246 Å². The molecule has 7 rings (SSSR count). The molecule has 1 fully saturated rings. The van der Waals surface area contributed by atoms with Gasteiger partial charge in [0.2, 0.25) is 5.95 Å². The third-order valence-corrected chi connectivity index (χ3v) is 7.30. The zero-order chi connectivity index (χ0) is 29.3. The van der Waals surface area contributed by atoms with Crippen LogP contribution >= 0.6 is 0 Å². The van der Waals surface area contributed by atoms with Gasteiger partial charge in [0.05, 0.1) is 29.4 Å². The van der Waals surface area contributed by atoms with Crippen LogP contribution in [0.3, 0.4) is 0 Å². The lowest BCUT2D eigenvalue weighted by molar-refractivity contribution is 0.0675. The Bertz CT molecular complexity index is 1870. The molecule has 212 valence electrons. The highest BCUT2D eigenvalue weighted by molar-refractivity contribution is 6.21. The second-order valence-electron chi connectivity index (χ2n) is 10.2. The van der Waals surface area contributed by atoms with Crippen molar-refractivity contribution < 1.29 is 14.1 Å².